The summed E-state index contributed by atoms with van der Waals surface area (Å²) in [5, 5.41) is 7.23. The van der Waals surface area contributed by atoms with Gasteiger partial charge in [0.2, 0.25) is 5.91 Å². The molecule has 0 radical (unpaired) electrons. The van der Waals surface area contributed by atoms with Crippen LogP contribution in [-0.4, -0.2) is 24.1 Å². The number of nitrogens with zero attached hydrogens (tertiary/aromatic N) is 1. The summed E-state index contributed by atoms with van der Waals surface area (Å²) in [6.45, 7) is 4.31. The summed E-state index contributed by atoms with van der Waals surface area (Å²) in [6, 6.07) is 14.4. The number of amides is 2. The Labute approximate surface area is 177 Å². The van der Waals surface area contributed by atoms with Crippen molar-refractivity contribution in [3.8, 4) is 5.75 Å². The highest BCUT2D eigenvalue weighted by Crippen LogP contribution is 2.25. The maximum atomic E-state index is 12.5. The van der Waals surface area contributed by atoms with Crippen LogP contribution in [0.5, 0.6) is 5.75 Å². The second kappa shape index (κ2) is 10.6. The molecule has 0 saturated heterocycles. The van der Waals surface area contributed by atoms with Gasteiger partial charge in [0.25, 0.3) is 5.91 Å². The predicted octanol–water partition coefficient (Wildman–Crippen LogP) is 4.76. The van der Waals surface area contributed by atoms with E-state index in [-0.39, 0.29) is 17.7 Å². The average Bonchev–Trinajstić information content (AvgIpc) is 2.78. The Kier molecular flexibility index (Phi) is 7.60. The topological polar surface area (TPSA) is 79.8 Å². The van der Waals surface area contributed by atoms with E-state index in [4.69, 9.17) is 4.74 Å². The summed E-state index contributed by atoms with van der Waals surface area (Å²) >= 11 is 0. The molecule has 0 spiro atoms. The molecule has 2 amide bonds. The standard InChI is InChI=1S/C24H29N3O3/c1-3-30-22-14-12-19(13-15-22)24(29)27-26-17(2)20-10-7-11-21(16-20)25-23(28)18-8-5-4-6-9-18/h7,10-16,18H,3-6,8-9H2,1-2H3,(H,25,28)(H,27,29)/b26-17-. The highest BCUT2D eigenvalue weighted by Gasteiger charge is 2.21. The minimum Gasteiger partial charge on any atom is -0.494 e. The van der Waals surface area contributed by atoms with Gasteiger partial charge in [-0.05, 0) is 68.7 Å². The zero-order valence-corrected chi connectivity index (χ0v) is 17.6. The number of nitrogens with one attached hydrogen (secondary N) is 2. The molecular weight excluding hydrogens is 378 g/mol. The number of ether oxygens (including phenoxy) is 1. The van der Waals surface area contributed by atoms with E-state index >= 15 is 0 Å². The van der Waals surface area contributed by atoms with Gasteiger partial charge in [0.1, 0.15) is 5.75 Å². The van der Waals surface area contributed by atoms with E-state index in [0.717, 1.165) is 42.7 Å². The van der Waals surface area contributed by atoms with Crippen LogP contribution in [0.4, 0.5) is 5.69 Å². The van der Waals surface area contributed by atoms with Crippen molar-refractivity contribution in [2.75, 3.05) is 11.9 Å². The smallest absolute Gasteiger partial charge is 0.271 e. The van der Waals surface area contributed by atoms with Crippen molar-refractivity contribution in [3.05, 3.63) is 59.7 Å². The number of carbonyl (C=O) groups is 2. The fourth-order valence-electron chi connectivity index (χ4n) is 3.56. The van der Waals surface area contributed by atoms with Crippen LogP contribution in [0.25, 0.3) is 0 Å². The molecule has 1 aliphatic carbocycles. The summed E-state index contributed by atoms with van der Waals surface area (Å²) in [6.07, 6.45) is 5.39. The van der Waals surface area contributed by atoms with Crippen molar-refractivity contribution in [1.82, 2.24) is 5.43 Å². The van der Waals surface area contributed by atoms with E-state index in [2.05, 4.69) is 15.8 Å². The molecule has 158 valence electrons. The molecule has 0 heterocycles. The van der Waals surface area contributed by atoms with Crippen molar-refractivity contribution in [2.45, 2.75) is 46.0 Å². The fraction of sp³-hybridized carbons (Fsp3) is 0.375. The molecule has 0 aliphatic heterocycles. The van der Waals surface area contributed by atoms with E-state index in [9.17, 15) is 9.59 Å². The number of rotatable bonds is 7. The Morgan fingerprint density at radius 1 is 1.03 bits per heavy atom. The van der Waals surface area contributed by atoms with Crippen molar-refractivity contribution in [2.24, 2.45) is 11.0 Å². The summed E-state index contributed by atoms with van der Waals surface area (Å²) in [4.78, 5) is 24.8. The first-order valence-electron chi connectivity index (χ1n) is 10.6. The van der Waals surface area contributed by atoms with Crippen LogP contribution in [-0.2, 0) is 4.79 Å². The Morgan fingerprint density at radius 3 is 2.47 bits per heavy atom. The van der Waals surface area contributed by atoms with Crippen LogP contribution in [0.2, 0.25) is 0 Å². The fourth-order valence-corrected chi connectivity index (χ4v) is 3.56. The van der Waals surface area contributed by atoms with Gasteiger partial charge in [-0.3, -0.25) is 9.59 Å². The van der Waals surface area contributed by atoms with Gasteiger partial charge in [0.05, 0.1) is 12.3 Å². The maximum Gasteiger partial charge on any atom is 0.271 e. The Balaban J connectivity index is 1.60. The second-order valence-corrected chi connectivity index (χ2v) is 7.50. The monoisotopic (exact) mass is 407 g/mol. The third-order valence-electron chi connectivity index (χ3n) is 5.28. The molecule has 2 aromatic rings. The predicted molar refractivity (Wildman–Crippen MR) is 119 cm³/mol. The lowest BCUT2D eigenvalue weighted by Gasteiger charge is -2.20. The molecule has 6 heteroatoms. The summed E-state index contributed by atoms with van der Waals surface area (Å²) in [5.74, 6) is 0.621. The lowest BCUT2D eigenvalue weighted by molar-refractivity contribution is -0.120. The normalized spacial score (nSPS) is 14.8. The quantitative estimate of drug-likeness (QED) is 0.513. The number of anilines is 1. The SMILES string of the molecule is CCOc1ccc(C(=O)N/N=C(/C)c2cccc(NC(=O)C3CCCCC3)c2)cc1. The van der Waals surface area contributed by atoms with Gasteiger partial charge in [0, 0.05) is 17.2 Å². The molecule has 0 aromatic heterocycles. The van der Waals surface area contributed by atoms with Crippen LogP contribution in [0.3, 0.4) is 0 Å². The molecule has 1 fully saturated rings. The van der Waals surface area contributed by atoms with Gasteiger partial charge in [-0.1, -0.05) is 31.4 Å². The number of hydrazone groups is 1. The molecular formula is C24H29N3O3. The first-order chi connectivity index (χ1) is 14.6. The van der Waals surface area contributed by atoms with Gasteiger partial charge in [-0.15, -0.1) is 0 Å². The lowest BCUT2D eigenvalue weighted by Crippen LogP contribution is -2.24. The van der Waals surface area contributed by atoms with Crippen LogP contribution >= 0.6 is 0 Å². The van der Waals surface area contributed by atoms with E-state index < -0.39 is 0 Å². The third kappa shape index (κ3) is 5.92. The molecule has 1 aliphatic rings. The van der Waals surface area contributed by atoms with Crippen molar-refractivity contribution >= 4 is 23.2 Å². The van der Waals surface area contributed by atoms with Gasteiger partial charge in [-0.25, -0.2) is 5.43 Å². The highest BCUT2D eigenvalue weighted by molar-refractivity contribution is 6.02. The first kappa shape index (κ1) is 21.6. The molecule has 30 heavy (non-hydrogen) atoms. The molecule has 3 rings (SSSR count). The van der Waals surface area contributed by atoms with E-state index in [1.165, 1.54) is 6.42 Å². The largest absolute Gasteiger partial charge is 0.494 e. The van der Waals surface area contributed by atoms with E-state index in [0.29, 0.717) is 17.9 Å². The minimum atomic E-state index is -0.292. The van der Waals surface area contributed by atoms with Gasteiger partial charge >= 0.3 is 0 Å². The molecule has 0 unspecified atom stereocenters. The molecule has 1 saturated carbocycles. The second-order valence-electron chi connectivity index (χ2n) is 7.50. The van der Waals surface area contributed by atoms with Gasteiger partial charge in [0.15, 0.2) is 0 Å². The van der Waals surface area contributed by atoms with Crippen LogP contribution in [0, 0.1) is 5.92 Å². The van der Waals surface area contributed by atoms with Crippen molar-refractivity contribution in [3.63, 3.8) is 0 Å². The third-order valence-corrected chi connectivity index (χ3v) is 5.28. The van der Waals surface area contributed by atoms with E-state index in [1.807, 2.05) is 38.1 Å². The van der Waals surface area contributed by atoms with Crippen molar-refractivity contribution in [1.29, 1.82) is 0 Å². The number of hydrogen-bond donors (Lipinski definition) is 2. The number of hydrogen-bond acceptors (Lipinski definition) is 4. The summed E-state index contributed by atoms with van der Waals surface area (Å²) in [7, 11) is 0. The Morgan fingerprint density at radius 2 is 1.77 bits per heavy atom. The molecule has 0 atom stereocenters. The highest BCUT2D eigenvalue weighted by atomic mass is 16.5. The van der Waals surface area contributed by atoms with E-state index in [1.54, 1.807) is 24.3 Å². The number of carbonyl (C=O) groups excluding carboxylic acids is 2. The lowest BCUT2D eigenvalue weighted by atomic mass is 9.88. The maximum absolute atomic E-state index is 12.5. The van der Waals surface area contributed by atoms with Gasteiger partial charge < -0.3 is 10.1 Å². The first-order valence-corrected chi connectivity index (χ1v) is 10.6. The van der Waals surface area contributed by atoms with Crippen LogP contribution in [0.15, 0.2) is 53.6 Å². The minimum absolute atomic E-state index is 0.0882. The van der Waals surface area contributed by atoms with Crippen molar-refractivity contribution < 1.29 is 14.3 Å². The molecule has 6 nitrogen and oxygen atoms in total. The molecule has 2 aromatic carbocycles. The zero-order valence-electron chi connectivity index (χ0n) is 17.6. The van der Waals surface area contributed by atoms with Crippen LogP contribution < -0.4 is 15.5 Å². The molecule has 2 N–H and O–H groups in total. The Hall–Kier alpha value is -3.15. The Bertz CT molecular complexity index is 900. The van der Waals surface area contributed by atoms with Crippen LogP contribution in [0.1, 0.15) is 61.9 Å². The zero-order chi connectivity index (χ0) is 21.3. The number of benzene rings is 2. The summed E-state index contributed by atoms with van der Waals surface area (Å²) < 4.78 is 5.38. The summed E-state index contributed by atoms with van der Waals surface area (Å²) in [5.41, 5.74) is 5.32. The molecule has 0 bridgehead atoms. The van der Waals surface area contributed by atoms with Gasteiger partial charge in [-0.2, -0.15) is 5.10 Å². The average molecular weight is 408 g/mol.